The minimum absolute atomic E-state index is 0.0800. The van der Waals surface area contributed by atoms with Gasteiger partial charge in [-0.05, 0) is 42.8 Å². The van der Waals surface area contributed by atoms with Crippen LogP contribution in [0.3, 0.4) is 0 Å². The largest absolute Gasteiger partial charge is 0.467 e. The van der Waals surface area contributed by atoms with Crippen LogP contribution in [0.1, 0.15) is 30.7 Å². The average Bonchev–Trinajstić information content (AvgIpc) is 3.02. The highest BCUT2D eigenvalue weighted by Gasteiger charge is 2.16. The molecule has 0 aliphatic heterocycles. The molecular weight excluding hydrogens is 248 g/mol. The van der Waals surface area contributed by atoms with Gasteiger partial charge >= 0.3 is 0 Å². The molecule has 2 aromatic heterocycles. The zero-order valence-electron chi connectivity index (χ0n) is 11.5. The lowest BCUT2D eigenvalue weighted by Crippen LogP contribution is -2.22. The third-order valence-corrected chi connectivity index (χ3v) is 3.39. The summed E-state index contributed by atoms with van der Waals surface area (Å²) in [5.74, 6) is 0.939. The number of nitrogens with one attached hydrogen (secondary N) is 1. The molecule has 0 saturated carbocycles. The van der Waals surface area contributed by atoms with Crippen molar-refractivity contribution >= 4 is 10.9 Å². The van der Waals surface area contributed by atoms with Gasteiger partial charge in [-0.25, -0.2) is 0 Å². The summed E-state index contributed by atoms with van der Waals surface area (Å²) in [7, 11) is 0. The van der Waals surface area contributed by atoms with Crippen LogP contribution < -0.4 is 5.32 Å². The molecule has 3 aromatic rings. The lowest BCUT2D eigenvalue weighted by Gasteiger charge is -2.17. The third-order valence-electron chi connectivity index (χ3n) is 3.39. The van der Waals surface area contributed by atoms with Crippen molar-refractivity contribution in [2.75, 3.05) is 6.54 Å². The van der Waals surface area contributed by atoms with Crippen LogP contribution in [-0.2, 0) is 0 Å². The van der Waals surface area contributed by atoms with Gasteiger partial charge in [0.2, 0.25) is 0 Å². The first-order valence-corrected chi connectivity index (χ1v) is 7.00. The summed E-state index contributed by atoms with van der Waals surface area (Å²) in [6, 6.07) is 14.4. The molecule has 0 radical (unpaired) electrons. The van der Waals surface area contributed by atoms with E-state index in [0.717, 1.165) is 29.6 Å². The van der Waals surface area contributed by atoms with Crippen molar-refractivity contribution in [3.05, 3.63) is 66.2 Å². The highest BCUT2D eigenvalue weighted by atomic mass is 16.3. The van der Waals surface area contributed by atoms with Gasteiger partial charge in [0, 0.05) is 11.6 Å². The number of rotatable bonds is 5. The predicted octanol–water partition coefficient (Wildman–Crippen LogP) is 3.92. The first-order valence-electron chi connectivity index (χ1n) is 7.00. The van der Waals surface area contributed by atoms with Crippen LogP contribution in [0.4, 0.5) is 0 Å². The van der Waals surface area contributed by atoms with Crippen LogP contribution in [0.5, 0.6) is 0 Å². The predicted molar refractivity (Wildman–Crippen MR) is 80.6 cm³/mol. The smallest absolute Gasteiger partial charge is 0.125 e. The van der Waals surface area contributed by atoms with E-state index < -0.39 is 0 Å². The Labute approximate surface area is 118 Å². The summed E-state index contributed by atoms with van der Waals surface area (Å²) < 4.78 is 5.58. The van der Waals surface area contributed by atoms with Gasteiger partial charge in [-0.3, -0.25) is 4.98 Å². The number of hydrogen-bond acceptors (Lipinski definition) is 3. The van der Waals surface area contributed by atoms with Gasteiger partial charge in [0.25, 0.3) is 0 Å². The molecule has 1 unspecified atom stereocenters. The van der Waals surface area contributed by atoms with Gasteiger partial charge < -0.3 is 9.73 Å². The Morgan fingerprint density at radius 3 is 2.95 bits per heavy atom. The fraction of sp³-hybridized carbons (Fsp3) is 0.235. The molecule has 102 valence electrons. The Hall–Kier alpha value is -2.13. The number of aromatic nitrogens is 1. The molecule has 3 rings (SSSR count). The molecule has 0 amide bonds. The molecule has 3 nitrogen and oxygen atoms in total. The fourth-order valence-electron chi connectivity index (χ4n) is 2.39. The van der Waals surface area contributed by atoms with E-state index in [9.17, 15) is 0 Å². The van der Waals surface area contributed by atoms with Crippen molar-refractivity contribution in [1.82, 2.24) is 10.3 Å². The Morgan fingerprint density at radius 2 is 2.15 bits per heavy atom. The van der Waals surface area contributed by atoms with Crippen molar-refractivity contribution in [2.24, 2.45) is 0 Å². The van der Waals surface area contributed by atoms with E-state index >= 15 is 0 Å². The van der Waals surface area contributed by atoms with Crippen LogP contribution in [0, 0.1) is 0 Å². The fourth-order valence-corrected chi connectivity index (χ4v) is 2.39. The molecule has 0 saturated heterocycles. The lowest BCUT2D eigenvalue weighted by molar-refractivity contribution is 0.447. The standard InChI is InChI=1S/C17H18N2O/c1-2-9-19-17(16-6-4-11-20-16)14-8-7-13-5-3-10-18-15(13)12-14/h3-8,10-12,17,19H,2,9H2,1H3. The molecule has 2 heterocycles. The number of benzene rings is 1. The van der Waals surface area contributed by atoms with Crippen molar-refractivity contribution in [2.45, 2.75) is 19.4 Å². The first kappa shape index (κ1) is 12.9. The SMILES string of the molecule is CCCNC(c1ccc2cccnc2c1)c1ccco1. The molecule has 0 spiro atoms. The van der Waals surface area contributed by atoms with Gasteiger partial charge in [-0.15, -0.1) is 0 Å². The molecule has 20 heavy (non-hydrogen) atoms. The minimum atomic E-state index is 0.0800. The lowest BCUT2D eigenvalue weighted by atomic mass is 10.0. The van der Waals surface area contributed by atoms with Crippen molar-refractivity contribution in [3.63, 3.8) is 0 Å². The molecular formula is C17H18N2O. The van der Waals surface area contributed by atoms with Gasteiger partial charge in [0.05, 0.1) is 17.8 Å². The van der Waals surface area contributed by atoms with Gasteiger partial charge in [-0.1, -0.05) is 25.1 Å². The van der Waals surface area contributed by atoms with Crippen LogP contribution in [-0.4, -0.2) is 11.5 Å². The van der Waals surface area contributed by atoms with E-state index in [0.29, 0.717) is 0 Å². The molecule has 0 fully saturated rings. The van der Waals surface area contributed by atoms with E-state index in [4.69, 9.17) is 4.42 Å². The summed E-state index contributed by atoms with van der Waals surface area (Å²) in [6.07, 6.45) is 4.63. The Morgan fingerprint density at radius 1 is 1.20 bits per heavy atom. The summed E-state index contributed by atoms with van der Waals surface area (Å²) in [5, 5.41) is 4.69. The summed E-state index contributed by atoms with van der Waals surface area (Å²) in [5.41, 5.74) is 2.19. The molecule has 0 aliphatic carbocycles. The van der Waals surface area contributed by atoms with Crippen LogP contribution in [0.15, 0.2) is 59.3 Å². The molecule has 1 atom stereocenters. The summed E-state index contributed by atoms with van der Waals surface area (Å²) in [6.45, 7) is 3.11. The minimum Gasteiger partial charge on any atom is -0.467 e. The van der Waals surface area contributed by atoms with Crippen molar-refractivity contribution < 1.29 is 4.42 Å². The van der Waals surface area contributed by atoms with Gasteiger partial charge in [-0.2, -0.15) is 0 Å². The topological polar surface area (TPSA) is 38.1 Å². The Balaban J connectivity index is 1.99. The second-order valence-corrected chi connectivity index (χ2v) is 4.86. The Kier molecular flexibility index (Phi) is 3.79. The molecule has 0 bridgehead atoms. The van der Waals surface area contributed by atoms with Gasteiger partial charge in [0.1, 0.15) is 5.76 Å². The van der Waals surface area contributed by atoms with Crippen molar-refractivity contribution in [3.8, 4) is 0 Å². The summed E-state index contributed by atoms with van der Waals surface area (Å²) >= 11 is 0. The average molecular weight is 266 g/mol. The summed E-state index contributed by atoms with van der Waals surface area (Å²) in [4.78, 5) is 4.43. The van der Waals surface area contributed by atoms with E-state index in [1.807, 2.05) is 24.4 Å². The second kappa shape index (κ2) is 5.88. The van der Waals surface area contributed by atoms with Crippen LogP contribution >= 0.6 is 0 Å². The normalized spacial score (nSPS) is 12.7. The molecule has 3 heteroatoms. The third kappa shape index (κ3) is 2.58. The first-order chi connectivity index (χ1) is 9.88. The van der Waals surface area contributed by atoms with E-state index in [1.165, 1.54) is 5.56 Å². The highest BCUT2D eigenvalue weighted by Crippen LogP contribution is 2.25. The number of hydrogen-bond donors (Lipinski definition) is 1. The number of fused-ring (bicyclic) bond motifs is 1. The van der Waals surface area contributed by atoms with E-state index in [2.05, 4.69) is 41.5 Å². The van der Waals surface area contributed by atoms with Crippen molar-refractivity contribution in [1.29, 1.82) is 0 Å². The quantitative estimate of drug-likeness (QED) is 0.760. The molecule has 1 aromatic carbocycles. The zero-order chi connectivity index (χ0) is 13.8. The second-order valence-electron chi connectivity index (χ2n) is 4.86. The molecule has 1 N–H and O–H groups in total. The van der Waals surface area contributed by atoms with E-state index in [1.54, 1.807) is 6.26 Å². The van der Waals surface area contributed by atoms with E-state index in [-0.39, 0.29) is 6.04 Å². The molecule has 0 aliphatic rings. The number of furan rings is 1. The highest BCUT2D eigenvalue weighted by molar-refractivity contribution is 5.79. The van der Waals surface area contributed by atoms with Gasteiger partial charge in [0.15, 0.2) is 0 Å². The van der Waals surface area contributed by atoms with Crippen LogP contribution in [0.2, 0.25) is 0 Å². The zero-order valence-corrected chi connectivity index (χ0v) is 11.5. The number of nitrogens with zero attached hydrogens (tertiary/aromatic N) is 1. The monoisotopic (exact) mass is 266 g/mol. The maximum Gasteiger partial charge on any atom is 0.125 e. The Bertz CT molecular complexity index is 676. The number of pyridine rings is 1. The maximum atomic E-state index is 5.58. The maximum absolute atomic E-state index is 5.58. The van der Waals surface area contributed by atoms with Crippen LogP contribution in [0.25, 0.3) is 10.9 Å².